The van der Waals surface area contributed by atoms with E-state index in [1.165, 1.54) is 21.4 Å². The van der Waals surface area contributed by atoms with Crippen LogP contribution in [0.4, 0.5) is 0 Å². The zero-order valence-corrected chi connectivity index (χ0v) is 11.9. The summed E-state index contributed by atoms with van der Waals surface area (Å²) in [5.41, 5.74) is 12.2. The molecule has 3 rings (SSSR count). The minimum atomic E-state index is -0.111. The average Bonchev–Trinajstić information content (AvgIpc) is 2.85. The fourth-order valence-electron chi connectivity index (χ4n) is 2.39. The molecule has 0 saturated carbocycles. The minimum Gasteiger partial charge on any atom is -0.320 e. The SMILES string of the molecule is Cc1ccc(C(N)c2cnc3ccsc3c2)c(C)c1. The maximum Gasteiger partial charge on any atom is 0.0809 e. The van der Waals surface area contributed by atoms with Gasteiger partial charge in [0.1, 0.15) is 0 Å². The highest BCUT2D eigenvalue weighted by atomic mass is 32.1. The summed E-state index contributed by atoms with van der Waals surface area (Å²) < 4.78 is 1.19. The first kappa shape index (κ1) is 12.3. The molecular weight excluding hydrogens is 252 g/mol. The maximum absolute atomic E-state index is 6.39. The van der Waals surface area contributed by atoms with Gasteiger partial charge in [-0.2, -0.15) is 0 Å². The lowest BCUT2D eigenvalue weighted by Gasteiger charge is -2.15. The summed E-state index contributed by atoms with van der Waals surface area (Å²) in [6.07, 6.45) is 1.89. The number of thiophene rings is 1. The minimum absolute atomic E-state index is 0.111. The first-order valence-electron chi connectivity index (χ1n) is 6.31. The number of benzene rings is 1. The van der Waals surface area contributed by atoms with Crippen LogP contribution in [0, 0.1) is 13.8 Å². The number of nitrogens with zero attached hydrogens (tertiary/aromatic N) is 1. The van der Waals surface area contributed by atoms with E-state index in [2.05, 4.69) is 48.5 Å². The van der Waals surface area contributed by atoms with E-state index in [0.29, 0.717) is 0 Å². The third kappa shape index (κ3) is 2.27. The van der Waals surface area contributed by atoms with Crippen molar-refractivity contribution in [3.8, 4) is 0 Å². The third-order valence-electron chi connectivity index (χ3n) is 3.44. The topological polar surface area (TPSA) is 38.9 Å². The van der Waals surface area contributed by atoms with Crippen LogP contribution in [-0.4, -0.2) is 4.98 Å². The highest BCUT2D eigenvalue weighted by Crippen LogP contribution is 2.27. The van der Waals surface area contributed by atoms with Crippen molar-refractivity contribution in [3.05, 3.63) is 64.2 Å². The molecule has 2 N–H and O–H groups in total. The van der Waals surface area contributed by atoms with E-state index < -0.39 is 0 Å². The molecule has 2 nitrogen and oxygen atoms in total. The number of rotatable bonds is 2. The van der Waals surface area contributed by atoms with Gasteiger partial charge >= 0.3 is 0 Å². The monoisotopic (exact) mass is 268 g/mol. The van der Waals surface area contributed by atoms with Crippen LogP contribution in [0.5, 0.6) is 0 Å². The fourth-order valence-corrected chi connectivity index (χ4v) is 3.17. The van der Waals surface area contributed by atoms with E-state index in [4.69, 9.17) is 5.73 Å². The molecule has 0 aliphatic rings. The van der Waals surface area contributed by atoms with Crippen molar-refractivity contribution in [1.82, 2.24) is 4.98 Å². The third-order valence-corrected chi connectivity index (χ3v) is 4.30. The molecule has 0 aliphatic heterocycles. The van der Waals surface area contributed by atoms with Gasteiger partial charge in [-0.05, 0) is 48.1 Å². The fraction of sp³-hybridized carbons (Fsp3) is 0.188. The molecule has 0 bridgehead atoms. The van der Waals surface area contributed by atoms with Gasteiger partial charge in [-0.15, -0.1) is 11.3 Å². The lowest BCUT2D eigenvalue weighted by atomic mass is 9.95. The second-order valence-electron chi connectivity index (χ2n) is 4.91. The van der Waals surface area contributed by atoms with Gasteiger partial charge in [0.25, 0.3) is 0 Å². The summed E-state index contributed by atoms with van der Waals surface area (Å²) in [6.45, 7) is 4.21. The molecule has 1 unspecified atom stereocenters. The molecule has 19 heavy (non-hydrogen) atoms. The quantitative estimate of drug-likeness (QED) is 0.764. The van der Waals surface area contributed by atoms with Crippen molar-refractivity contribution in [2.24, 2.45) is 5.73 Å². The number of fused-ring (bicyclic) bond motifs is 1. The highest BCUT2D eigenvalue weighted by molar-refractivity contribution is 7.17. The summed E-state index contributed by atoms with van der Waals surface area (Å²) in [7, 11) is 0. The molecule has 2 aromatic heterocycles. The molecule has 0 fully saturated rings. The number of aryl methyl sites for hydroxylation is 2. The normalized spacial score (nSPS) is 12.8. The molecule has 0 aliphatic carbocycles. The Bertz CT molecular complexity index is 730. The van der Waals surface area contributed by atoms with Crippen LogP contribution in [0.1, 0.15) is 28.3 Å². The zero-order chi connectivity index (χ0) is 13.4. The number of nitrogens with two attached hydrogens (primary N) is 1. The Labute approximate surface area is 116 Å². The molecule has 2 heterocycles. The lowest BCUT2D eigenvalue weighted by Crippen LogP contribution is -2.13. The first-order chi connectivity index (χ1) is 9.15. The van der Waals surface area contributed by atoms with Crippen molar-refractivity contribution in [3.63, 3.8) is 0 Å². The Kier molecular flexibility index (Phi) is 3.09. The Morgan fingerprint density at radius 1 is 1.16 bits per heavy atom. The van der Waals surface area contributed by atoms with Gasteiger partial charge in [-0.25, -0.2) is 0 Å². The summed E-state index contributed by atoms with van der Waals surface area (Å²) in [5, 5.41) is 2.06. The van der Waals surface area contributed by atoms with Gasteiger partial charge in [0.05, 0.1) is 16.3 Å². The Morgan fingerprint density at radius 2 is 2.00 bits per heavy atom. The van der Waals surface area contributed by atoms with Gasteiger partial charge < -0.3 is 5.73 Å². The smallest absolute Gasteiger partial charge is 0.0809 e. The largest absolute Gasteiger partial charge is 0.320 e. The van der Waals surface area contributed by atoms with Crippen molar-refractivity contribution >= 4 is 21.6 Å². The van der Waals surface area contributed by atoms with E-state index in [0.717, 1.165) is 11.1 Å². The average molecular weight is 268 g/mol. The Hall–Kier alpha value is -1.71. The van der Waals surface area contributed by atoms with Crippen LogP contribution in [0.3, 0.4) is 0 Å². The molecule has 3 aromatic rings. The van der Waals surface area contributed by atoms with Gasteiger partial charge in [0.2, 0.25) is 0 Å². The van der Waals surface area contributed by atoms with E-state index in [-0.39, 0.29) is 6.04 Å². The van der Waals surface area contributed by atoms with E-state index in [1.807, 2.05) is 12.3 Å². The van der Waals surface area contributed by atoms with Gasteiger partial charge in [-0.3, -0.25) is 4.98 Å². The molecule has 3 heteroatoms. The molecule has 0 spiro atoms. The van der Waals surface area contributed by atoms with Gasteiger partial charge in [0.15, 0.2) is 0 Å². The van der Waals surface area contributed by atoms with Crippen LogP contribution >= 0.6 is 11.3 Å². The standard InChI is InChI=1S/C16H16N2S/c1-10-3-4-13(11(2)7-10)16(17)12-8-15-14(18-9-12)5-6-19-15/h3-9,16H,17H2,1-2H3. The molecule has 0 amide bonds. The van der Waals surface area contributed by atoms with Crippen molar-refractivity contribution in [2.75, 3.05) is 0 Å². The predicted molar refractivity (Wildman–Crippen MR) is 81.6 cm³/mol. The lowest BCUT2D eigenvalue weighted by molar-refractivity contribution is 0.857. The van der Waals surface area contributed by atoms with Crippen LogP contribution in [0.2, 0.25) is 0 Å². The van der Waals surface area contributed by atoms with Gasteiger partial charge in [-0.1, -0.05) is 23.8 Å². The second kappa shape index (κ2) is 4.76. The van der Waals surface area contributed by atoms with Crippen molar-refractivity contribution in [2.45, 2.75) is 19.9 Å². The summed E-state index contributed by atoms with van der Waals surface area (Å²) in [4.78, 5) is 4.47. The van der Waals surface area contributed by atoms with E-state index >= 15 is 0 Å². The number of hydrogen-bond donors (Lipinski definition) is 1. The van der Waals surface area contributed by atoms with E-state index in [9.17, 15) is 0 Å². The molecule has 96 valence electrons. The van der Waals surface area contributed by atoms with Crippen molar-refractivity contribution in [1.29, 1.82) is 0 Å². The maximum atomic E-state index is 6.39. The first-order valence-corrected chi connectivity index (χ1v) is 7.19. The predicted octanol–water partition coefficient (Wildman–Crippen LogP) is 3.96. The number of hydrogen-bond acceptors (Lipinski definition) is 3. The highest BCUT2D eigenvalue weighted by Gasteiger charge is 2.12. The molecule has 1 atom stereocenters. The number of pyridine rings is 1. The Morgan fingerprint density at radius 3 is 2.79 bits per heavy atom. The van der Waals surface area contributed by atoms with Crippen molar-refractivity contribution < 1.29 is 0 Å². The summed E-state index contributed by atoms with van der Waals surface area (Å²) >= 11 is 1.70. The van der Waals surface area contributed by atoms with Gasteiger partial charge in [0, 0.05) is 6.20 Å². The molecule has 1 aromatic carbocycles. The summed E-state index contributed by atoms with van der Waals surface area (Å²) in [5.74, 6) is 0. The summed E-state index contributed by atoms with van der Waals surface area (Å²) in [6, 6.07) is 10.5. The zero-order valence-electron chi connectivity index (χ0n) is 11.1. The molecular formula is C16H16N2S. The van der Waals surface area contributed by atoms with Crippen LogP contribution in [-0.2, 0) is 0 Å². The van der Waals surface area contributed by atoms with Crippen LogP contribution in [0.15, 0.2) is 41.9 Å². The van der Waals surface area contributed by atoms with Crippen LogP contribution < -0.4 is 5.73 Å². The number of aromatic nitrogens is 1. The molecule has 0 radical (unpaired) electrons. The second-order valence-corrected chi connectivity index (χ2v) is 5.86. The Balaban J connectivity index is 2.04. The van der Waals surface area contributed by atoms with Crippen LogP contribution in [0.25, 0.3) is 10.2 Å². The molecule has 0 saturated heterocycles. The van der Waals surface area contributed by atoms with E-state index in [1.54, 1.807) is 11.3 Å².